The first kappa shape index (κ1) is 80.9. The van der Waals surface area contributed by atoms with E-state index in [4.69, 9.17) is 16.3 Å². The van der Waals surface area contributed by atoms with Gasteiger partial charge >= 0.3 is 6.18 Å². The highest BCUT2D eigenvalue weighted by Gasteiger charge is 2.52. The lowest BCUT2D eigenvalue weighted by Crippen LogP contribution is -2.65. The summed E-state index contributed by atoms with van der Waals surface area (Å²) in [6.07, 6.45) is -0.125. The first-order valence-electron chi connectivity index (χ1n) is 35.4. The number of alkyl halides is 3. The average molecular weight is 1420 g/mol. The van der Waals surface area contributed by atoms with Crippen LogP contribution in [0.1, 0.15) is 169 Å². The number of fused-ring (bicyclic) bond motifs is 2. The number of nitrogens with one attached hydrogen (secondary N) is 3. The Morgan fingerprint density at radius 2 is 1.30 bits per heavy atom. The molecule has 0 bridgehead atoms. The normalized spacial score (nSPS) is 27.1. The third-order valence-electron chi connectivity index (χ3n) is 21.1. The van der Waals surface area contributed by atoms with Crippen LogP contribution in [0.4, 0.5) is 13.2 Å². The summed E-state index contributed by atoms with van der Waals surface area (Å²) in [6.45, 7) is 14.3. The number of ether oxygens (including phenoxy) is 1. The molecule has 4 aliphatic heterocycles. The highest BCUT2D eigenvalue weighted by atomic mass is 35.5. The van der Waals surface area contributed by atoms with Crippen LogP contribution < -0.4 is 16.0 Å². The van der Waals surface area contributed by atoms with Gasteiger partial charge in [-0.1, -0.05) is 91.8 Å². The predicted octanol–water partition coefficient (Wildman–Crippen LogP) is 4.88. The van der Waals surface area contributed by atoms with Crippen molar-refractivity contribution in [2.75, 3.05) is 88.2 Å². The molecule has 1 saturated carbocycles. The molecule has 1 aromatic rings. The molecule has 1 spiro atoms. The number of carbonyl (C=O) groups is 12. The van der Waals surface area contributed by atoms with Gasteiger partial charge in [-0.25, -0.2) is 0 Å². The van der Waals surface area contributed by atoms with Gasteiger partial charge in [0.15, 0.2) is 0 Å². The van der Waals surface area contributed by atoms with Gasteiger partial charge in [-0.05, 0) is 119 Å². The molecule has 4 heterocycles. The van der Waals surface area contributed by atoms with Crippen LogP contribution in [-0.2, 0) is 74.9 Å². The number of piperidine rings is 1. The van der Waals surface area contributed by atoms with E-state index in [1.165, 1.54) is 84.7 Å². The van der Waals surface area contributed by atoms with Crippen LogP contribution in [0.15, 0.2) is 18.2 Å². The second-order valence-corrected chi connectivity index (χ2v) is 28.9. The number of likely N-dealkylation sites (N-methyl/N-ethyl adjacent to an activating group) is 6. The lowest BCUT2D eigenvalue weighted by molar-refractivity contribution is -0.161. The second kappa shape index (κ2) is 35.5. The zero-order valence-electron chi connectivity index (χ0n) is 60.5. The molecule has 1 aliphatic carbocycles. The molecular formula is C70H108ClF3N12O13. The van der Waals surface area contributed by atoms with Crippen molar-refractivity contribution in [2.24, 2.45) is 17.8 Å². The molecule has 6 rings (SSSR count). The molecule has 0 unspecified atom stereocenters. The quantitative estimate of drug-likeness (QED) is 0.210. The topological polar surface area (TPSA) is 279 Å². The number of benzene rings is 1. The molecule has 554 valence electrons. The maximum absolute atomic E-state index is 15.5. The van der Waals surface area contributed by atoms with Gasteiger partial charge in [0.2, 0.25) is 70.9 Å². The van der Waals surface area contributed by atoms with Gasteiger partial charge in [-0.3, -0.25) is 57.5 Å². The summed E-state index contributed by atoms with van der Waals surface area (Å²) < 4.78 is 47.4. The Morgan fingerprint density at radius 1 is 0.667 bits per heavy atom. The summed E-state index contributed by atoms with van der Waals surface area (Å²) in [7, 11) is 8.39. The van der Waals surface area contributed by atoms with Gasteiger partial charge in [0.1, 0.15) is 59.9 Å². The Kier molecular flexibility index (Phi) is 29.0. The van der Waals surface area contributed by atoms with Gasteiger partial charge in [-0.2, -0.15) is 13.2 Å². The van der Waals surface area contributed by atoms with Crippen LogP contribution in [0.2, 0.25) is 5.02 Å². The number of halogens is 4. The third kappa shape index (κ3) is 19.3. The van der Waals surface area contributed by atoms with E-state index in [2.05, 4.69) is 16.0 Å². The second-order valence-electron chi connectivity index (χ2n) is 28.5. The first-order chi connectivity index (χ1) is 46.6. The highest BCUT2D eigenvalue weighted by molar-refractivity contribution is 6.31. The Morgan fingerprint density at radius 3 is 1.88 bits per heavy atom. The van der Waals surface area contributed by atoms with Gasteiger partial charge in [-0.15, -0.1) is 0 Å². The monoisotopic (exact) mass is 1420 g/mol. The molecule has 12 amide bonds. The number of hydrogen-bond acceptors (Lipinski definition) is 13. The molecule has 0 aromatic heterocycles. The molecule has 29 heteroatoms. The first-order valence-corrected chi connectivity index (χ1v) is 35.8. The number of rotatable bonds is 14. The maximum atomic E-state index is 15.5. The Hall–Kier alpha value is -7.10. The van der Waals surface area contributed by atoms with Crippen molar-refractivity contribution in [2.45, 2.75) is 231 Å². The number of carbonyl (C=O) groups excluding carboxylic acids is 12. The largest absolute Gasteiger partial charge is 0.417 e. The minimum absolute atomic E-state index is 0.0169. The molecule has 99 heavy (non-hydrogen) atoms. The summed E-state index contributed by atoms with van der Waals surface area (Å²) in [5, 5.41) is 8.07. The van der Waals surface area contributed by atoms with Crippen molar-refractivity contribution in [3.05, 3.63) is 34.3 Å². The van der Waals surface area contributed by atoms with E-state index in [9.17, 15) is 46.7 Å². The zero-order chi connectivity index (χ0) is 73.7. The fraction of sp³-hybridized carbons (Fsp3) is 0.743. The summed E-state index contributed by atoms with van der Waals surface area (Å²) in [5.41, 5.74) is -2.39. The zero-order valence-corrected chi connectivity index (χ0v) is 61.2. The molecule has 1 aromatic carbocycles. The van der Waals surface area contributed by atoms with Crippen molar-refractivity contribution in [3.8, 4) is 0 Å². The van der Waals surface area contributed by atoms with Gasteiger partial charge in [0.05, 0.1) is 30.2 Å². The summed E-state index contributed by atoms with van der Waals surface area (Å²) in [4.78, 5) is 190. The SMILES string of the molecule is CCCOC[C@H]1C(=O)N(C)CC(=O)N[C@@H](CCc2ccc(C(F)(F)F)c(Cl)c2)C(=O)N2CCC[C@H]2C(=O)NC2(CCCC2)C(=O)N(C)[C@@H]([C@@H](C)CC)C(=O)N(C)[C@H](C(=O)N2CCCCC2)CC(=O)N(C)[C@@H](CC(C)C)C(=O)N[C@@H]([C@@H](C)CC)C(=O)N(C)[C@@H](C)C(=O)N2CC[C@H]2C(=O)N1C. The summed E-state index contributed by atoms with van der Waals surface area (Å²) in [6, 6.07) is -8.28. The van der Waals surface area contributed by atoms with Gasteiger partial charge in [0.25, 0.3) is 0 Å². The maximum Gasteiger partial charge on any atom is 0.417 e. The molecule has 11 atom stereocenters. The molecular weight excluding hydrogens is 1310 g/mol. The van der Waals surface area contributed by atoms with E-state index in [-0.39, 0.29) is 82.7 Å². The molecule has 5 aliphatic rings. The number of amides is 12. The van der Waals surface area contributed by atoms with E-state index in [0.29, 0.717) is 64.5 Å². The fourth-order valence-corrected chi connectivity index (χ4v) is 14.5. The smallest absolute Gasteiger partial charge is 0.379 e. The Bertz CT molecular complexity index is 3090. The lowest BCUT2D eigenvalue weighted by atomic mass is 9.90. The van der Waals surface area contributed by atoms with Crippen molar-refractivity contribution in [1.29, 1.82) is 0 Å². The lowest BCUT2D eigenvalue weighted by Gasteiger charge is -2.45. The summed E-state index contributed by atoms with van der Waals surface area (Å²) in [5.74, 6) is -9.31. The minimum Gasteiger partial charge on any atom is -0.379 e. The van der Waals surface area contributed by atoms with E-state index < -0.39 is 172 Å². The van der Waals surface area contributed by atoms with Crippen molar-refractivity contribution in [3.63, 3.8) is 0 Å². The third-order valence-corrected chi connectivity index (χ3v) is 21.4. The number of likely N-dealkylation sites (tertiary alicyclic amines) is 1. The average Bonchev–Trinajstić information content (AvgIpc) is 0.916. The van der Waals surface area contributed by atoms with Crippen molar-refractivity contribution in [1.82, 2.24) is 60.0 Å². The van der Waals surface area contributed by atoms with Crippen LogP contribution in [0.3, 0.4) is 0 Å². The predicted molar refractivity (Wildman–Crippen MR) is 363 cm³/mol. The molecule has 5 fully saturated rings. The van der Waals surface area contributed by atoms with Crippen molar-refractivity contribution < 1.29 is 75.4 Å². The molecule has 4 saturated heterocycles. The van der Waals surface area contributed by atoms with Crippen LogP contribution in [0.5, 0.6) is 0 Å². The van der Waals surface area contributed by atoms with Crippen LogP contribution >= 0.6 is 11.6 Å². The Balaban J connectivity index is 1.44. The van der Waals surface area contributed by atoms with Crippen molar-refractivity contribution >= 4 is 82.5 Å². The van der Waals surface area contributed by atoms with E-state index in [1.807, 2.05) is 34.6 Å². The summed E-state index contributed by atoms with van der Waals surface area (Å²) >= 11 is 6.13. The Labute approximate surface area is 586 Å². The van der Waals surface area contributed by atoms with E-state index in [1.54, 1.807) is 18.7 Å². The molecule has 0 radical (unpaired) electrons. The minimum atomic E-state index is -4.77. The standard InChI is InChI=1S/C70H108ClF3N12O13/c1-15-36-99-41-54-63(93)78(9)40-55(87)75-49(28-26-46-25-27-47(48(71)38-46)70(72,73)74)62(92)85-34-23-24-50(85)60(90)77-69(30-19-20-31-69)68(98)83(14)58(44(7)17-3)67(97)81(12)53(65(95)84-32-21-18-22-33-84)39-56(88)80(11)52(37-42(4)5)59(89)76-57(43(6)16-2)66(96)79(10)45(8)61(91)86-35-29-51(86)64(94)82(54)13/h25,27,38,42-45,49-54,57-58H,15-24,26,28-37,39-41H2,1-14H3,(H,75,87)(H,76,89)(H,77,90)/t43-,44-,45-,49-,50-,51-,52-,53-,54-,57-,58-/m0/s1. The van der Waals surface area contributed by atoms with Crippen LogP contribution in [-0.4, -0.2) is 263 Å². The van der Waals surface area contributed by atoms with E-state index in [0.717, 1.165) is 28.4 Å². The molecule has 25 nitrogen and oxygen atoms in total. The number of hydrogen-bond donors (Lipinski definition) is 3. The van der Waals surface area contributed by atoms with Crippen LogP contribution in [0, 0.1) is 17.8 Å². The number of aryl methyl sites for hydroxylation is 1. The van der Waals surface area contributed by atoms with E-state index >= 15 is 24.0 Å². The van der Waals surface area contributed by atoms with Crippen LogP contribution in [0.25, 0.3) is 0 Å². The molecule has 3 N–H and O–H groups in total. The van der Waals surface area contributed by atoms with Gasteiger partial charge < -0.3 is 64.8 Å². The fourth-order valence-electron chi connectivity index (χ4n) is 14.2. The van der Waals surface area contributed by atoms with Gasteiger partial charge in [0, 0.05) is 75.1 Å². The number of nitrogens with zero attached hydrogens (tertiary/aromatic N) is 9. The highest BCUT2D eigenvalue weighted by Crippen LogP contribution is 2.37.